The maximum atomic E-state index is 13.3. The van der Waals surface area contributed by atoms with Crippen molar-refractivity contribution in [2.75, 3.05) is 20.2 Å². The molecule has 1 aromatic rings. The molecule has 154 valence electrons. The van der Waals surface area contributed by atoms with Gasteiger partial charge in [0.2, 0.25) is 11.8 Å². The molecule has 0 N–H and O–H groups in total. The van der Waals surface area contributed by atoms with E-state index in [1.54, 1.807) is 12.0 Å². The van der Waals surface area contributed by atoms with Gasteiger partial charge in [-0.05, 0) is 55.4 Å². The lowest BCUT2D eigenvalue weighted by molar-refractivity contribution is -0.141. The Kier molecular flexibility index (Phi) is 6.63. The number of nitrogens with zero attached hydrogens (tertiary/aromatic N) is 2. The summed E-state index contributed by atoms with van der Waals surface area (Å²) in [5.74, 6) is 1.42. The van der Waals surface area contributed by atoms with Crippen LogP contribution in [0.4, 0.5) is 0 Å². The molecule has 1 aliphatic heterocycles. The van der Waals surface area contributed by atoms with Gasteiger partial charge in [-0.1, -0.05) is 32.3 Å². The molecule has 1 aliphatic carbocycles. The van der Waals surface area contributed by atoms with Gasteiger partial charge < -0.3 is 14.5 Å². The Bertz CT molecular complexity index is 725. The lowest BCUT2D eigenvalue weighted by Crippen LogP contribution is -2.46. The van der Waals surface area contributed by atoms with Crippen molar-refractivity contribution in [2.45, 2.75) is 71.9 Å². The average molecular weight is 387 g/mol. The van der Waals surface area contributed by atoms with E-state index in [-0.39, 0.29) is 24.4 Å². The van der Waals surface area contributed by atoms with Gasteiger partial charge in [-0.25, -0.2) is 0 Å². The number of hydrogen-bond donors (Lipinski definition) is 0. The Hall–Kier alpha value is -2.04. The normalized spacial score (nSPS) is 20.5. The predicted octanol–water partition coefficient (Wildman–Crippen LogP) is 3.84. The van der Waals surface area contributed by atoms with E-state index in [9.17, 15) is 9.59 Å². The smallest absolute Gasteiger partial charge is 0.242 e. The molecule has 5 heteroatoms. The quantitative estimate of drug-likeness (QED) is 0.746. The number of hydrogen-bond acceptors (Lipinski definition) is 3. The van der Waals surface area contributed by atoms with Crippen LogP contribution < -0.4 is 4.74 Å². The number of benzene rings is 1. The Morgan fingerprint density at radius 3 is 2.50 bits per heavy atom. The van der Waals surface area contributed by atoms with Crippen molar-refractivity contribution in [1.82, 2.24) is 9.80 Å². The van der Waals surface area contributed by atoms with Crippen LogP contribution in [0.1, 0.15) is 62.1 Å². The standard InChI is InChI=1S/C23H34N2O3/c1-16-10-22(26)24(13-16)15-23(27)25(20-8-6-5-7-9-20)14-19-11-18(3)21(28-4)12-17(19)2/h11-12,16,20H,5-10,13-15H2,1-4H3. The summed E-state index contributed by atoms with van der Waals surface area (Å²) in [6, 6.07) is 4.47. The molecule has 3 rings (SSSR count). The molecule has 28 heavy (non-hydrogen) atoms. The molecule has 0 spiro atoms. The first-order valence-electron chi connectivity index (χ1n) is 10.6. The topological polar surface area (TPSA) is 49.9 Å². The third kappa shape index (κ3) is 4.68. The number of amides is 2. The lowest BCUT2D eigenvalue weighted by Gasteiger charge is -2.36. The van der Waals surface area contributed by atoms with Crippen molar-refractivity contribution in [1.29, 1.82) is 0 Å². The summed E-state index contributed by atoms with van der Waals surface area (Å²) in [5.41, 5.74) is 3.39. The Morgan fingerprint density at radius 2 is 1.89 bits per heavy atom. The fraction of sp³-hybridized carbons (Fsp3) is 0.652. The van der Waals surface area contributed by atoms with Crippen LogP contribution in [-0.2, 0) is 16.1 Å². The van der Waals surface area contributed by atoms with Crippen molar-refractivity contribution in [2.24, 2.45) is 5.92 Å². The zero-order chi connectivity index (χ0) is 20.3. The fourth-order valence-electron chi connectivity index (χ4n) is 4.61. The van der Waals surface area contributed by atoms with Crippen molar-refractivity contribution in [3.8, 4) is 5.75 Å². The Morgan fingerprint density at radius 1 is 1.18 bits per heavy atom. The van der Waals surface area contributed by atoms with E-state index in [1.807, 2.05) is 11.8 Å². The van der Waals surface area contributed by atoms with Gasteiger partial charge >= 0.3 is 0 Å². The number of carbonyl (C=O) groups excluding carboxylic acids is 2. The molecule has 2 fully saturated rings. The summed E-state index contributed by atoms with van der Waals surface area (Å²) in [5, 5.41) is 0. The van der Waals surface area contributed by atoms with Gasteiger partial charge in [-0.15, -0.1) is 0 Å². The SMILES string of the molecule is COc1cc(C)c(CN(C(=O)CN2CC(C)CC2=O)C2CCCCC2)cc1C. The van der Waals surface area contributed by atoms with E-state index in [2.05, 4.69) is 26.0 Å². The van der Waals surface area contributed by atoms with E-state index < -0.39 is 0 Å². The highest BCUT2D eigenvalue weighted by Crippen LogP contribution is 2.28. The van der Waals surface area contributed by atoms with E-state index >= 15 is 0 Å². The van der Waals surface area contributed by atoms with E-state index in [1.165, 1.54) is 24.8 Å². The Balaban J connectivity index is 1.80. The van der Waals surface area contributed by atoms with E-state index in [0.29, 0.717) is 25.4 Å². The molecule has 1 atom stereocenters. The second-order valence-electron chi connectivity index (χ2n) is 8.65. The second kappa shape index (κ2) is 8.97. The minimum absolute atomic E-state index is 0.0854. The molecule has 1 aromatic carbocycles. The summed E-state index contributed by atoms with van der Waals surface area (Å²) < 4.78 is 5.44. The monoisotopic (exact) mass is 386 g/mol. The van der Waals surface area contributed by atoms with Gasteiger partial charge in [0.1, 0.15) is 5.75 Å². The second-order valence-corrected chi connectivity index (χ2v) is 8.65. The third-order valence-corrected chi connectivity index (χ3v) is 6.26. The maximum Gasteiger partial charge on any atom is 0.242 e. The van der Waals surface area contributed by atoms with Gasteiger partial charge in [-0.2, -0.15) is 0 Å². The molecular weight excluding hydrogens is 352 g/mol. The number of aryl methyl sites for hydroxylation is 2. The molecule has 1 heterocycles. The van der Waals surface area contributed by atoms with Gasteiger partial charge in [0.15, 0.2) is 0 Å². The summed E-state index contributed by atoms with van der Waals surface area (Å²) in [6.07, 6.45) is 6.28. The van der Waals surface area contributed by atoms with Crippen LogP contribution in [-0.4, -0.2) is 47.9 Å². The van der Waals surface area contributed by atoms with E-state index in [0.717, 1.165) is 29.7 Å². The molecule has 0 radical (unpaired) electrons. The molecule has 2 amide bonds. The highest BCUT2D eigenvalue weighted by molar-refractivity contribution is 5.86. The summed E-state index contributed by atoms with van der Waals surface area (Å²) in [7, 11) is 1.69. The molecule has 1 unspecified atom stereocenters. The van der Waals surface area contributed by atoms with Crippen LogP contribution in [0, 0.1) is 19.8 Å². The van der Waals surface area contributed by atoms with Crippen LogP contribution in [0.2, 0.25) is 0 Å². The van der Waals surface area contributed by atoms with Crippen LogP contribution in [0.15, 0.2) is 12.1 Å². The van der Waals surface area contributed by atoms with E-state index in [4.69, 9.17) is 4.74 Å². The van der Waals surface area contributed by atoms with Gasteiger partial charge in [0.25, 0.3) is 0 Å². The molecule has 1 saturated heterocycles. The molecule has 1 saturated carbocycles. The van der Waals surface area contributed by atoms with Crippen molar-refractivity contribution in [3.05, 3.63) is 28.8 Å². The predicted molar refractivity (Wildman–Crippen MR) is 110 cm³/mol. The third-order valence-electron chi connectivity index (χ3n) is 6.26. The highest BCUT2D eigenvalue weighted by Gasteiger charge is 2.32. The van der Waals surface area contributed by atoms with Gasteiger partial charge in [0, 0.05) is 25.6 Å². The first-order valence-corrected chi connectivity index (χ1v) is 10.6. The summed E-state index contributed by atoms with van der Waals surface area (Å²) in [4.78, 5) is 29.3. The van der Waals surface area contributed by atoms with Crippen molar-refractivity contribution in [3.63, 3.8) is 0 Å². The molecule has 2 aliphatic rings. The van der Waals surface area contributed by atoms with Gasteiger partial charge in [-0.3, -0.25) is 9.59 Å². The largest absolute Gasteiger partial charge is 0.496 e. The number of methoxy groups -OCH3 is 1. The molecule has 0 bridgehead atoms. The average Bonchev–Trinajstić information content (AvgIpc) is 2.99. The minimum Gasteiger partial charge on any atom is -0.496 e. The highest BCUT2D eigenvalue weighted by atomic mass is 16.5. The number of likely N-dealkylation sites (tertiary alicyclic amines) is 1. The number of rotatable bonds is 6. The summed E-state index contributed by atoms with van der Waals surface area (Å²) in [6.45, 7) is 7.71. The van der Waals surface area contributed by atoms with Crippen LogP contribution in [0.3, 0.4) is 0 Å². The molecule has 5 nitrogen and oxygen atoms in total. The van der Waals surface area contributed by atoms with Crippen molar-refractivity contribution >= 4 is 11.8 Å². The van der Waals surface area contributed by atoms with Crippen LogP contribution in [0.25, 0.3) is 0 Å². The maximum absolute atomic E-state index is 13.3. The Labute approximate surface area is 169 Å². The number of carbonyl (C=O) groups is 2. The van der Waals surface area contributed by atoms with Crippen molar-refractivity contribution < 1.29 is 14.3 Å². The summed E-state index contributed by atoms with van der Waals surface area (Å²) >= 11 is 0. The number of ether oxygens (including phenoxy) is 1. The molecule has 0 aromatic heterocycles. The molecular formula is C23H34N2O3. The zero-order valence-electron chi connectivity index (χ0n) is 17.8. The first kappa shape index (κ1) is 20.7. The minimum atomic E-state index is 0.0854. The van der Waals surface area contributed by atoms with Gasteiger partial charge in [0.05, 0.1) is 13.7 Å². The zero-order valence-corrected chi connectivity index (χ0v) is 17.8. The fourth-order valence-corrected chi connectivity index (χ4v) is 4.61. The first-order chi connectivity index (χ1) is 13.4. The van der Waals surface area contributed by atoms with Crippen LogP contribution >= 0.6 is 0 Å². The van der Waals surface area contributed by atoms with Crippen LogP contribution in [0.5, 0.6) is 5.75 Å². The lowest BCUT2D eigenvalue weighted by atomic mass is 9.93.